The summed E-state index contributed by atoms with van der Waals surface area (Å²) >= 11 is 0. The lowest BCUT2D eigenvalue weighted by Gasteiger charge is -2.16. The van der Waals surface area contributed by atoms with Crippen LogP contribution in [0.4, 0.5) is 39.5 Å². The van der Waals surface area contributed by atoms with Gasteiger partial charge in [-0.3, -0.25) is 0 Å². The molecule has 2 rings (SSSR count). The van der Waals surface area contributed by atoms with Crippen LogP contribution >= 0.6 is 0 Å². The van der Waals surface area contributed by atoms with Crippen LogP contribution in [0.1, 0.15) is 22.3 Å². The molecule has 0 radical (unpaired) electrons. The van der Waals surface area contributed by atoms with Crippen LogP contribution in [0, 0.1) is 6.92 Å². The maximum atomic E-state index is 12.8. The van der Waals surface area contributed by atoms with Crippen LogP contribution in [0.5, 0.6) is 0 Å². The van der Waals surface area contributed by atoms with Gasteiger partial charge in [-0.25, -0.2) is 0 Å². The zero-order valence-corrected chi connectivity index (χ0v) is 12.4. The average molecular weight is 372 g/mol. The molecule has 0 aliphatic rings. The maximum absolute atomic E-state index is 12.8. The SMILES string of the molecule is Cc1cc(-c2cc(C(F)(F)F)cc(C(F)(F)F)c2)ccc1C(F)(F)F. The molecular weight excluding hydrogens is 363 g/mol. The normalized spacial score (nSPS) is 13.2. The predicted molar refractivity (Wildman–Crippen MR) is 71.6 cm³/mol. The van der Waals surface area contributed by atoms with E-state index in [0.717, 1.165) is 19.1 Å². The topological polar surface area (TPSA) is 0 Å². The first-order valence-corrected chi connectivity index (χ1v) is 6.67. The second-order valence-electron chi connectivity index (χ2n) is 5.32. The van der Waals surface area contributed by atoms with Crippen molar-refractivity contribution in [3.8, 4) is 11.1 Å². The molecule has 25 heavy (non-hydrogen) atoms. The highest BCUT2D eigenvalue weighted by Crippen LogP contribution is 2.40. The van der Waals surface area contributed by atoms with Gasteiger partial charge in [-0.05, 0) is 47.9 Å². The molecule has 0 saturated carbocycles. The first kappa shape index (κ1) is 19.1. The van der Waals surface area contributed by atoms with Crippen molar-refractivity contribution in [3.05, 3.63) is 58.7 Å². The number of hydrogen-bond acceptors (Lipinski definition) is 0. The predicted octanol–water partition coefficient (Wildman–Crippen LogP) is 6.72. The molecule has 0 spiro atoms. The molecule has 0 aliphatic carbocycles. The number of alkyl halides is 9. The fraction of sp³-hybridized carbons (Fsp3) is 0.250. The first-order valence-electron chi connectivity index (χ1n) is 6.67. The Balaban J connectivity index is 2.65. The van der Waals surface area contributed by atoms with E-state index >= 15 is 0 Å². The summed E-state index contributed by atoms with van der Waals surface area (Å²) in [5.74, 6) is 0. The molecule has 0 N–H and O–H groups in total. The molecule has 0 amide bonds. The van der Waals surface area contributed by atoms with Crippen LogP contribution in [0.25, 0.3) is 11.1 Å². The average Bonchev–Trinajstić information content (AvgIpc) is 2.43. The van der Waals surface area contributed by atoms with Gasteiger partial charge >= 0.3 is 18.5 Å². The quantitative estimate of drug-likeness (QED) is 0.488. The smallest absolute Gasteiger partial charge is 0.166 e. The van der Waals surface area contributed by atoms with Crippen LogP contribution in [0.2, 0.25) is 0 Å². The number of aryl methyl sites for hydroxylation is 1. The fourth-order valence-corrected chi connectivity index (χ4v) is 2.28. The van der Waals surface area contributed by atoms with Crippen LogP contribution in [-0.2, 0) is 18.5 Å². The molecule has 0 aromatic heterocycles. The van der Waals surface area contributed by atoms with Gasteiger partial charge in [0, 0.05) is 0 Å². The summed E-state index contributed by atoms with van der Waals surface area (Å²) in [5.41, 5.74) is -5.04. The Morgan fingerprint density at radius 3 is 1.40 bits per heavy atom. The molecule has 0 unspecified atom stereocenters. The molecular formula is C16H9F9. The minimum atomic E-state index is -5.03. The van der Waals surface area contributed by atoms with E-state index in [0.29, 0.717) is 18.2 Å². The number of benzene rings is 2. The Labute approximate surface area is 135 Å². The van der Waals surface area contributed by atoms with Gasteiger partial charge in [0.1, 0.15) is 0 Å². The lowest BCUT2D eigenvalue weighted by molar-refractivity contribution is -0.143. The van der Waals surface area contributed by atoms with Gasteiger partial charge in [0.15, 0.2) is 0 Å². The largest absolute Gasteiger partial charge is 0.416 e. The van der Waals surface area contributed by atoms with Crippen molar-refractivity contribution in [1.29, 1.82) is 0 Å². The van der Waals surface area contributed by atoms with Gasteiger partial charge in [0.2, 0.25) is 0 Å². The molecule has 0 bridgehead atoms. The third-order valence-electron chi connectivity index (χ3n) is 3.45. The lowest BCUT2D eigenvalue weighted by atomic mass is 9.96. The summed E-state index contributed by atoms with van der Waals surface area (Å²) < 4.78 is 115. The van der Waals surface area contributed by atoms with Crippen molar-refractivity contribution in [1.82, 2.24) is 0 Å². The van der Waals surface area contributed by atoms with Crippen molar-refractivity contribution in [2.45, 2.75) is 25.5 Å². The van der Waals surface area contributed by atoms with Gasteiger partial charge in [-0.1, -0.05) is 12.1 Å². The van der Waals surface area contributed by atoms with E-state index in [1.54, 1.807) is 0 Å². The van der Waals surface area contributed by atoms with Crippen LogP contribution in [0.3, 0.4) is 0 Å². The molecule has 0 nitrogen and oxygen atoms in total. The number of rotatable bonds is 1. The van der Waals surface area contributed by atoms with Crippen molar-refractivity contribution in [2.75, 3.05) is 0 Å². The molecule has 2 aromatic rings. The van der Waals surface area contributed by atoms with Gasteiger partial charge in [-0.2, -0.15) is 39.5 Å². The van der Waals surface area contributed by atoms with Gasteiger partial charge in [0.25, 0.3) is 0 Å². The number of halogens is 9. The standard InChI is InChI=1S/C16H9F9/c1-8-4-9(2-3-13(8)16(23,24)25)10-5-11(14(17,18)19)7-12(6-10)15(20,21)22/h2-7H,1H3. The highest BCUT2D eigenvalue weighted by atomic mass is 19.4. The van der Waals surface area contributed by atoms with Crippen LogP contribution in [0.15, 0.2) is 36.4 Å². The molecule has 136 valence electrons. The Morgan fingerprint density at radius 2 is 1.04 bits per heavy atom. The second-order valence-corrected chi connectivity index (χ2v) is 5.32. The molecule has 2 aromatic carbocycles. The van der Waals surface area contributed by atoms with E-state index in [1.807, 2.05) is 0 Å². The minimum absolute atomic E-state index is 0.0412. The second kappa shape index (κ2) is 5.96. The van der Waals surface area contributed by atoms with E-state index in [2.05, 4.69) is 0 Å². The third kappa shape index (κ3) is 4.26. The van der Waals surface area contributed by atoms with Gasteiger partial charge in [0.05, 0.1) is 16.7 Å². The lowest BCUT2D eigenvalue weighted by Crippen LogP contribution is -2.11. The Morgan fingerprint density at radius 1 is 0.560 bits per heavy atom. The van der Waals surface area contributed by atoms with Crippen LogP contribution < -0.4 is 0 Å². The summed E-state index contributed by atoms with van der Waals surface area (Å²) in [6.07, 6.45) is -14.7. The fourth-order valence-electron chi connectivity index (χ4n) is 2.28. The van der Waals surface area contributed by atoms with Gasteiger partial charge < -0.3 is 0 Å². The van der Waals surface area contributed by atoms with Crippen molar-refractivity contribution in [2.24, 2.45) is 0 Å². The molecule has 0 aliphatic heterocycles. The van der Waals surface area contributed by atoms with E-state index in [9.17, 15) is 39.5 Å². The third-order valence-corrected chi connectivity index (χ3v) is 3.45. The summed E-state index contributed by atoms with van der Waals surface area (Å²) in [5, 5.41) is 0. The summed E-state index contributed by atoms with van der Waals surface area (Å²) in [7, 11) is 0. The van der Waals surface area contributed by atoms with E-state index < -0.39 is 40.8 Å². The van der Waals surface area contributed by atoms with E-state index in [-0.39, 0.29) is 17.2 Å². The molecule has 9 heteroatoms. The Kier molecular flexibility index (Phi) is 4.56. The summed E-state index contributed by atoms with van der Waals surface area (Å²) in [6, 6.07) is 3.26. The zero-order chi connectivity index (χ0) is 19.2. The highest BCUT2D eigenvalue weighted by molar-refractivity contribution is 5.67. The minimum Gasteiger partial charge on any atom is -0.166 e. The zero-order valence-electron chi connectivity index (χ0n) is 12.4. The monoisotopic (exact) mass is 372 g/mol. The molecule has 0 fully saturated rings. The number of hydrogen-bond donors (Lipinski definition) is 0. The van der Waals surface area contributed by atoms with Crippen LogP contribution in [-0.4, -0.2) is 0 Å². The van der Waals surface area contributed by atoms with Crippen molar-refractivity contribution in [3.63, 3.8) is 0 Å². The first-order chi connectivity index (χ1) is 11.2. The Bertz CT molecular complexity index is 747. The highest BCUT2D eigenvalue weighted by Gasteiger charge is 2.37. The summed E-state index contributed by atoms with van der Waals surface area (Å²) in [6.45, 7) is 1.07. The van der Waals surface area contributed by atoms with Crippen molar-refractivity contribution < 1.29 is 39.5 Å². The summed E-state index contributed by atoms with van der Waals surface area (Å²) in [4.78, 5) is 0. The van der Waals surface area contributed by atoms with Crippen molar-refractivity contribution >= 4 is 0 Å². The Hall–Kier alpha value is -2.19. The molecule has 0 atom stereocenters. The molecule has 0 heterocycles. The maximum Gasteiger partial charge on any atom is 0.416 e. The van der Waals surface area contributed by atoms with E-state index in [1.165, 1.54) is 0 Å². The molecule has 0 saturated heterocycles. The van der Waals surface area contributed by atoms with E-state index in [4.69, 9.17) is 0 Å². The van der Waals surface area contributed by atoms with Gasteiger partial charge in [-0.15, -0.1) is 0 Å².